The summed E-state index contributed by atoms with van der Waals surface area (Å²) >= 11 is 0. The van der Waals surface area contributed by atoms with E-state index in [2.05, 4.69) is 24.8 Å². The van der Waals surface area contributed by atoms with Crippen molar-refractivity contribution in [1.29, 1.82) is 0 Å². The Bertz CT molecular complexity index is 826. The van der Waals surface area contributed by atoms with Crippen molar-refractivity contribution in [2.75, 3.05) is 11.4 Å². The first-order valence-corrected chi connectivity index (χ1v) is 8.33. The number of hydrogen-bond donors (Lipinski definition) is 0. The summed E-state index contributed by atoms with van der Waals surface area (Å²) in [5, 5.41) is 0. The highest BCUT2D eigenvalue weighted by Crippen LogP contribution is 2.24. The van der Waals surface area contributed by atoms with Crippen LogP contribution >= 0.6 is 0 Å². The molecule has 6 nitrogen and oxygen atoms in total. The van der Waals surface area contributed by atoms with Crippen molar-refractivity contribution in [2.45, 2.75) is 26.2 Å². The van der Waals surface area contributed by atoms with Crippen LogP contribution in [0.15, 0.2) is 55.4 Å². The highest BCUT2D eigenvalue weighted by Gasteiger charge is 2.20. The molecule has 4 heterocycles. The number of rotatable bonds is 5. The molecule has 0 aliphatic carbocycles. The molecule has 0 amide bonds. The van der Waals surface area contributed by atoms with Crippen LogP contribution in [0.5, 0.6) is 0 Å². The van der Waals surface area contributed by atoms with E-state index in [1.807, 2.05) is 30.6 Å². The van der Waals surface area contributed by atoms with E-state index in [0.717, 1.165) is 31.0 Å². The van der Waals surface area contributed by atoms with E-state index >= 15 is 0 Å². The molecule has 126 valence electrons. The Balaban J connectivity index is 1.44. The fourth-order valence-corrected chi connectivity index (χ4v) is 3.08. The van der Waals surface area contributed by atoms with Crippen LogP contribution in [-0.2, 0) is 30.9 Å². The lowest BCUT2D eigenvalue weighted by Crippen LogP contribution is -2.32. The monoisotopic (exact) mass is 333 g/mol. The molecule has 25 heavy (non-hydrogen) atoms. The summed E-state index contributed by atoms with van der Waals surface area (Å²) in [7, 11) is 0. The lowest BCUT2D eigenvalue weighted by molar-refractivity contribution is 0.106. The molecule has 0 bridgehead atoms. The van der Waals surface area contributed by atoms with Crippen molar-refractivity contribution in [3.05, 3.63) is 77.6 Å². The van der Waals surface area contributed by atoms with Crippen LogP contribution in [0.4, 0.5) is 5.95 Å². The molecule has 0 unspecified atom stereocenters. The van der Waals surface area contributed by atoms with E-state index < -0.39 is 0 Å². The fraction of sp³-hybridized carbons (Fsp3) is 0.263. The second kappa shape index (κ2) is 7.36. The van der Waals surface area contributed by atoms with E-state index in [0.29, 0.717) is 13.2 Å². The minimum atomic E-state index is 0.570. The van der Waals surface area contributed by atoms with Crippen molar-refractivity contribution < 1.29 is 4.74 Å². The van der Waals surface area contributed by atoms with Gasteiger partial charge in [0, 0.05) is 50.3 Å². The molecule has 0 fully saturated rings. The van der Waals surface area contributed by atoms with E-state index in [1.165, 1.54) is 16.7 Å². The van der Waals surface area contributed by atoms with Crippen LogP contribution in [0, 0.1) is 0 Å². The van der Waals surface area contributed by atoms with Gasteiger partial charge in [-0.2, -0.15) is 0 Å². The maximum Gasteiger partial charge on any atom is 0.225 e. The highest BCUT2D eigenvalue weighted by molar-refractivity contribution is 5.41. The van der Waals surface area contributed by atoms with Gasteiger partial charge in [-0.25, -0.2) is 9.97 Å². The Morgan fingerprint density at radius 2 is 1.80 bits per heavy atom. The average Bonchev–Trinajstić information content (AvgIpc) is 2.69. The number of anilines is 1. The Kier molecular flexibility index (Phi) is 4.61. The Morgan fingerprint density at radius 1 is 0.960 bits per heavy atom. The molecule has 0 saturated carbocycles. The summed E-state index contributed by atoms with van der Waals surface area (Å²) in [5.74, 6) is 0.771. The molecule has 3 aromatic heterocycles. The van der Waals surface area contributed by atoms with Crippen molar-refractivity contribution in [2.24, 2.45) is 0 Å². The van der Waals surface area contributed by atoms with Gasteiger partial charge >= 0.3 is 0 Å². The number of pyridine rings is 2. The molecule has 0 atom stereocenters. The Labute approximate surface area is 146 Å². The van der Waals surface area contributed by atoms with Gasteiger partial charge in [-0.1, -0.05) is 0 Å². The van der Waals surface area contributed by atoms with Gasteiger partial charge in [0.2, 0.25) is 5.95 Å². The molecule has 0 radical (unpaired) electrons. The van der Waals surface area contributed by atoms with Crippen LogP contribution in [0.25, 0.3) is 0 Å². The summed E-state index contributed by atoms with van der Waals surface area (Å²) in [6, 6.07) is 5.77. The van der Waals surface area contributed by atoms with Crippen molar-refractivity contribution in [1.82, 2.24) is 19.9 Å². The van der Waals surface area contributed by atoms with Crippen LogP contribution < -0.4 is 4.90 Å². The number of aromatic nitrogens is 4. The van der Waals surface area contributed by atoms with Crippen molar-refractivity contribution >= 4 is 5.95 Å². The van der Waals surface area contributed by atoms with Gasteiger partial charge in [0.1, 0.15) is 0 Å². The zero-order valence-corrected chi connectivity index (χ0v) is 13.9. The second-order valence-corrected chi connectivity index (χ2v) is 6.00. The van der Waals surface area contributed by atoms with E-state index in [9.17, 15) is 0 Å². The minimum absolute atomic E-state index is 0.570. The first kappa shape index (κ1) is 15.7. The van der Waals surface area contributed by atoms with Gasteiger partial charge < -0.3 is 9.64 Å². The van der Waals surface area contributed by atoms with Gasteiger partial charge in [-0.15, -0.1) is 0 Å². The first-order chi connectivity index (χ1) is 12.4. The summed E-state index contributed by atoms with van der Waals surface area (Å²) in [5.41, 5.74) is 4.86. The Hall–Kier alpha value is -2.86. The topological polar surface area (TPSA) is 64.0 Å². The average molecular weight is 333 g/mol. The Morgan fingerprint density at radius 3 is 2.64 bits per heavy atom. The van der Waals surface area contributed by atoms with Gasteiger partial charge in [-0.3, -0.25) is 9.97 Å². The third-order valence-electron chi connectivity index (χ3n) is 4.34. The lowest BCUT2D eigenvalue weighted by Gasteiger charge is -2.29. The van der Waals surface area contributed by atoms with E-state index in [-0.39, 0.29) is 0 Å². The molecule has 3 aromatic rings. The standard InChI is InChI=1S/C19H19N5O/c1-5-22-19(23-6-1)24-9-4-18-16(12-24)10-21-11-17(18)14-25-13-15-2-7-20-8-3-15/h1-3,5-8,10-11H,4,9,12-14H2. The molecule has 0 saturated heterocycles. The van der Waals surface area contributed by atoms with Crippen LogP contribution in [0.3, 0.4) is 0 Å². The van der Waals surface area contributed by atoms with Gasteiger partial charge in [-0.05, 0) is 46.9 Å². The van der Waals surface area contributed by atoms with Gasteiger partial charge in [0.05, 0.1) is 13.2 Å². The molecule has 1 aliphatic heterocycles. The van der Waals surface area contributed by atoms with Crippen LogP contribution in [0.2, 0.25) is 0 Å². The SMILES string of the molecule is c1cnc(N2CCc3c(COCc4ccncc4)cncc3C2)nc1. The smallest absolute Gasteiger partial charge is 0.225 e. The van der Waals surface area contributed by atoms with E-state index in [1.54, 1.807) is 24.8 Å². The number of nitrogens with zero attached hydrogens (tertiary/aromatic N) is 5. The predicted molar refractivity (Wildman–Crippen MR) is 93.8 cm³/mol. The number of ether oxygens (including phenoxy) is 1. The predicted octanol–water partition coefficient (Wildman–Crippen LogP) is 2.55. The summed E-state index contributed by atoms with van der Waals surface area (Å²) in [6.45, 7) is 2.83. The van der Waals surface area contributed by atoms with Crippen LogP contribution in [0.1, 0.15) is 22.3 Å². The molecule has 0 spiro atoms. The third-order valence-corrected chi connectivity index (χ3v) is 4.34. The van der Waals surface area contributed by atoms with Crippen molar-refractivity contribution in [3.8, 4) is 0 Å². The first-order valence-electron chi connectivity index (χ1n) is 8.33. The van der Waals surface area contributed by atoms with Gasteiger partial charge in [0.15, 0.2) is 0 Å². The normalized spacial score (nSPS) is 13.5. The highest BCUT2D eigenvalue weighted by atomic mass is 16.5. The van der Waals surface area contributed by atoms with Gasteiger partial charge in [0.25, 0.3) is 0 Å². The molecule has 0 aromatic carbocycles. The zero-order valence-electron chi connectivity index (χ0n) is 13.9. The largest absolute Gasteiger partial charge is 0.372 e. The third kappa shape index (κ3) is 3.64. The molecular formula is C19H19N5O. The second-order valence-electron chi connectivity index (χ2n) is 6.00. The van der Waals surface area contributed by atoms with E-state index in [4.69, 9.17) is 4.74 Å². The zero-order chi connectivity index (χ0) is 16.9. The number of fused-ring (bicyclic) bond motifs is 1. The molecule has 6 heteroatoms. The maximum atomic E-state index is 5.88. The molecule has 4 rings (SSSR count). The minimum Gasteiger partial charge on any atom is -0.372 e. The molecule has 1 aliphatic rings. The summed E-state index contributed by atoms with van der Waals surface area (Å²) in [4.78, 5) is 19.3. The maximum absolute atomic E-state index is 5.88. The summed E-state index contributed by atoms with van der Waals surface area (Å²) in [6.07, 6.45) is 11.9. The fourth-order valence-electron chi connectivity index (χ4n) is 3.08. The van der Waals surface area contributed by atoms with Crippen molar-refractivity contribution in [3.63, 3.8) is 0 Å². The summed E-state index contributed by atoms with van der Waals surface area (Å²) < 4.78 is 5.88. The van der Waals surface area contributed by atoms with Crippen LogP contribution in [-0.4, -0.2) is 26.5 Å². The quantitative estimate of drug-likeness (QED) is 0.715. The number of hydrogen-bond acceptors (Lipinski definition) is 6. The lowest BCUT2D eigenvalue weighted by atomic mass is 9.97. The molecular weight excluding hydrogens is 314 g/mol. The molecule has 0 N–H and O–H groups in total.